The van der Waals surface area contributed by atoms with E-state index in [2.05, 4.69) is 0 Å². The Morgan fingerprint density at radius 2 is 2.05 bits per heavy atom. The van der Waals surface area contributed by atoms with Gasteiger partial charge < -0.3 is 20.6 Å². The molecule has 3 N–H and O–H groups in total. The summed E-state index contributed by atoms with van der Waals surface area (Å²) < 4.78 is 0. The molecule has 2 rings (SSSR count). The van der Waals surface area contributed by atoms with Gasteiger partial charge in [0.25, 0.3) is 0 Å². The summed E-state index contributed by atoms with van der Waals surface area (Å²) in [6, 6.07) is -0.860. The zero-order valence-electron chi connectivity index (χ0n) is 12.7. The molecule has 2 saturated heterocycles. The molecule has 21 heavy (non-hydrogen) atoms. The molecular weight excluding hydrogens is 290 g/mol. The number of carbonyl (C=O) groups excluding carboxylic acids is 2. The largest absolute Gasteiger partial charge is 0.394 e. The third-order valence-corrected chi connectivity index (χ3v) is 5.67. The number of nitrogens with two attached hydrogens (primary N) is 1. The van der Waals surface area contributed by atoms with Gasteiger partial charge in [-0.2, -0.15) is 0 Å². The normalized spacial score (nSPS) is 27.5. The zero-order valence-corrected chi connectivity index (χ0v) is 13.6. The average molecular weight is 315 g/mol. The van der Waals surface area contributed by atoms with Crippen LogP contribution in [-0.2, 0) is 9.59 Å². The molecule has 1 spiro atoms. The fourth-order valence-corrected chi connectivity index (χ4v) is 4.60. The molecule has 6 nitrogen and oxygen atoms in total. The smallest absolute Gasteiger partial charge is 0.241 e. The van der Waals surface area contributed by atoms with Gasteiger partial charge in [-0.3, -0.25) is 9.59 Å². The summed E-state index contributed by atoms with van der Waals surface area (Å²) in [5.41, 5.74) is 5.65. The van der Waals surface area contributed by atoms with Gasteiger partial charge in [0.1, 0.15) is 10.9 Å². The Labute approximate surface area is 130 Å². The minimum atomic E-state index is -0.860. The number of likely N-dealkylation sites (tertiary alicyclic amines) is 1. The van der Waals surface area contributed by atoms with E-state index >= 15 is 0 Å². The molecule has 0 radical (unpaired) electrons. The number of hydrogen-bond acceptors (Lipinski definition) is 5. The maximum atomic E-state index is 12.4. The van der Waals surface area contributed by atoms with Crippen LogP contribution in [-0.4, -0.2) is 69.6 Å². The molecule has 2 aliphatic heterocycles. The first-order valence-electron chi connectivity index (χ1n) is 7.52. The molecule has 2 atom stereocenters. The summed E-state index contributed by atoms with van der Waals surface area (Å²) in [4.78, 5) is 28.0. The summed E-state index contributed by atoms with van der Waals surface area (Å²) in [5, 5.41) is 9.06. The van der Waals surface area contributed by atoms with Gasteiger partial charge >= 0.3 is 0 Å². The van der Waals surface area contributed by atoms with Crippen molar-refractivity contribution >= 4 is 23.6 Å². The van der Waals surface area contributed by atoms with E-state index in [9.17, 15) is 9.59 Å². The van der Waals surface area contributed by atoms with E-state index in [-0.39, 0.29) is 29.2 Å². The third kappa shape index (κ3) is 3.19. The Hall–Kier alpha value is -0.790. The van der Waals surface area contributed by atoms with E-state index in [1.165, 1.54) is 0 Å². The predicted molar refractivity (Wildman–Crippen MR) is 82.6 cm³/mol. The van der Waals surface area contributed by atoms with Gasteiger partial charge in [-0.25, -0.2) is 0 Å². The first-order valence-corrected chi connectivity index (χ1v) is 8.50. The monoisotopic (exact) mass is 315 g/mol. The second-order valence-corrected chi connectivity index (χ2v) is 7.55. The maximum Gasteiger partial charge on any atom is 0.241 e. The number of amides is 2. The van der Waals surface area contributed by atoms with Gasteiger partial charge in [-0.1, -0.05) is 13.8 Å². The second-order valence-electron chi connectivity index (χ2n) is 6.09. The summed E-state index contributed by atoms with van der Waals surface area (Å²) in [6.45, 7) is 5.39. The minimum absolute atomic E-state index is 0.0358. The molecule has 2 fully saturated rings. The highest BCUT2D eigenvalue weighted by atomic mass is 32.2. The van der Waals surface area contributed by atoms with Crippen molar-refractivity contribution in [3.63, 3.8) is 0 Å². The van der Waals surface area contributed by atoms with E-state index in [4.69, 9.17) is 10.8 Å². The van der Waals surface area contributed by atoms with Crippen LogP contribution in [0.15, 0.2) is 0 Å². The van der Waals surface area contributed by atoms with Crippen LogP contribution in [0.25, 0.3) is 0 Å². The van der Waals surface area contributed by atoms with Gasteiger partial charge in [0.15, 0.2) is 0 Å². The Morgan fingerprint density at radius 1 is 1.33 bits per heavy atom. The number of rotatable bonds is 3. The molecule has 7 heteroatoms. The fraction of sp³-hybridized carbons (Fsp3) is 0.857. The van der Waals surface area contributed by atoms with Gasteiger partial charge in [0.05, 0.1) is 13.2 Å². The molecule has 2 unspecified atom stereocenters. The van der Waals surface area contributed by atoms with Gasteiger partial charge in [-0.15, -0.1) is 11.8 Å². The highest BCUT2D eigenvalue weighted by Gasteiger charge is 2.48. The fourth-order valence-electron chi connectivity index (χ4n) is 3.07. The van der Waals surface area contributed by atoms with Crippen LogP contribution in [0.2, 0.25) is 0 Å². The van der Waals surface area contributed by atoms with Crippen molar-refractivity contribution in [2.45, 2.75) is 37.6 Å². The molecule has 0 aromatic carbocycles. The Bertz CT molecular complexity index is 418. The quantitative estimate of drug-likeness (QED) is 0.757. The van der Waals surface area contributed by atoms with Gasteiger partial charge in [0, 0.05) is 24.8 Å². The van der Waals surface area contributed by atoms with Crippen LogP contribution >= 0.6 is 11.8 Å². The second kappa shape index (κ2) is 6.54. The molecule has 0 saturated carbocycles. The van der Waals surface area contributed by atoms with Crippen LogP contribution in [0.5, 0.6) is 0 Å². The third-order valence-electron chi connectivity index (χ3n) is 4.20. The molecule has 0 aromatic heterocycles. The summed E-state index contributed by atoms with van der Waals surface area (Å²) in [5.74, 6) is 0.806. The standard InChI is InChI=1S/C14H25N3O3S/c1-10(2)12(19)17-6-7-21-14(17)4-3-5-16(9-14)13(20)11(15)8-18/h10-11,18H,3-9,15H2,1-2H3. The first-order chi connectivity index (χ1) is 9.91. The lowest BCUT2D eigenvalue weighted by molar-refractivity contribution is -0.143. The van der Waals surface area contributed by atoms with E-state index in [0.717, 1.165) is 25.1 Å². The number of hydrogen-bond donors (Lipinski definition) is 2. The van der Waals surface area contributed by atoms with E-state index in [1.807, 2.05) is 18.7 Å². The summed E-state index contributed by atoms with van der Waals surface area (Å²) in [7, 11) is 0. The number of carbonyl (C=O) groups is 2. The lowest BCUT2D eigenvalue weighted by Crippen LogP contribution is -2.60. The van der Waals surface area contributed by atoms with Crippen LogP contribution in [0.1, 0.15) is 26.7 Å². The highest BCUT2D eigenvalue weighted by molar-refractivity contribution is 8.00. The van der Waals surface area contributed by atoms with E-state index in [0.29, 0.717) is 13.1 Å². The number of nitrogens with zero attached hydrogens (tertiary/aromatic N) is 2. The maximum absolute atomic E-state index is 12.4. The zero-order chi connectivity index (χ0) is 15.6. The van der Waals surface area contributed by atoms with Crippen molar-refractivity contribution in [2.75, 3.05) is 32.0 Å². The van der Waals surface area contributed by atoms with Crippen molar-refractivity contribution in [3.8, 4) is 0 Å². The summed E-state index contributed by atoms with van der Waals surface area (Å²) in [6.07, 6.45) is 1.77. The molecule has 0 bridgehead atoms. The Morgan fingerprint density at radius 3 is 2.67 bits per heavy atom. The number of piperidine rings is 1. The molecule has 0 aromatic rings. The van der Waals surface area contributed by atoms with Crippen LogP contribution in [0.4, 0.5) is 0 Å². The molecular formula is C14H25N3O3S. The lowest BCUT2D eigenvalue weighted by Gasteiger charge is -2.45. The van der Waals surface area contributed by atoms with Gasteiger partial charge in [-0.05, 0) is 12.8 Å². The average Bonchev–Trinajstić information content (AvgIpc) is 2.87. The van der Waals surface area contributed by atoms with Crippen molar-refractivity contribution in [1.29, 1.82) is 0 Å². The van der Waals surface area contributed by atoms with Crippen molar-refractivity contribution in [2.24, 2.45) is 11.7 Å². The Balaban J connectivity index is 2.14. The molecule has 120 valence electrons. The van der Waals surface area contributed by atoms with Gasteiger partial charge in [0.2, 0.25) is 11.8 Å². The van der Waals surface area contributed by atoms with E-state index in [1.54, 1.807) is 16.7 Å². The van der Waals surface area contributed by atoms with Crippen molar-refractivity contribution in [3.05, 3.63) is 0 Å². The number of thioether (sulfide) groups is 1. The number of aliphatic hydroxyl groups is 1. The topological polar surface area (TPSA) is 86.9 Å². The van der Waals surface area contributed by atoms with Crippen molar-refractivity contribution < 1.29 is 14.7 Å². The molecule has 2 heterocycles. The molecule has 2 aliphatic rings. The Kier molecular flexibility index (Phi) is 5.16. The number of aliphatic hydroxyl groups excluding tert-OH is 1. The lowest BCUT2D eigenvalue weighted by atomic mass is 10.0. The molecule has 2 amide bonds. The van der Waals surface area contributed by atoms with Crippen molar-refractivity contribution in [1.82, 2.24) is 9.80 Å². The first kappa shape index (κ1) is 16.6. The SMILES string of the molecule is CC(C)C(=O)N1CCSC12CCCN(C(=O)C(N)CO)C2. The summed E-state index contributed by atoms with van der Waals surface area (Å²) >= 11 is 1.77. The minimum Gasteiger partial charge on any atom is -0.394 e. The van der Waals surface area contributed by atoms with Crippen LogP contribution < -0.4 is 5.73 Å². The predicted octanol–water partition coefficient (Wildman–Crippen LogP) is -0.144. The van der Waals surface area contributed by atoms with Crippen LogP contribution in [0.3, 0.4) is 0 Å². The van der Waals surface area contributed by atoms with E-state index < -0.39 is 6.04 Å². The highest BCUT2D eigenvalue weighted by Crippen LogP contribution is 2.43. The van der Waals surface area contributed by atoms with Crippen LogP contribution in [0, 0.1) is 5.92 Å². The molecule has 0 aliphatic carbocycles.